The molecule has 0 saturated carbocycles. The van der Waals surface area contributed by atoms with E-state index in [1.807, 2.05) is 0 Å². The highest BCUT2D eigenvalue weighted by molar-refractivity contribution is 5.98. The molecule has 1 aromatic heterocycles. The summed E-state index contributed by atoms with van der Waals surface area (Å²) in [5, 5.41) is 0. The van der Waals surface area contributed by atoms with Gasteiger partial charge in [-0.25, -0.2) is 14.8 Å². The molecule has 0 radical (unpaired) electrons. The molecule has 2 N–H and O–H groups in total. The second kappa shape index (κ2) is 5.81. The first-order valence-electron chi connectivity index (χ1n) is 5.58. The molecule has 0 saturated heterocycles. The van der Waals surface area contributed by atoms with Crippen molar-refractivity contribution in [3.63, 3.8) is 0 Å². The van der Waals surface area contributed by atoms with E-state index in [0.29, 0.717) is 17.3 Å². The third-order valence-corrected chi connectivity index (χ3v) is 2.42. The van der Waals surface area contributed by atoms with E-state index in [1.165, 1.54) is 7.11 Å². The van der Waals surface area contributed by atoms with Crippen LogP contribution >= 0.6 is 0 Å². The van der Waals surface area contributed by atoms with Crippen LogP contribution in [0.2, 0.25) is 0 Å². The molecule has 0 aliphatic heterocycles. The number of esters is 1. The van der Waals surface area contributed by atoms with E-state index in [1.54, 1.807) is 36.7 Å². The minimum Gasteiger partial charge on any atom is -0.485 e. The number of rotatable bonds is 4. The maximum absolute atomic E-state index is 11.7. The van der Waals surface area contributed by atoms with Gasteiger partial charge in [0.25, 0.3) is 0 Å². The minimum atomic E-state index is -0.540. The van der Waals surface area contributed by atoms with E-state index in [0.717, 1.165) is 0 Å². The molecule has 0 aliphatic rings. The fourth-order valence-corrected chi connectivity index (χ4v) is 1.54. The lowest BCUT2D eigenvalue weighted by atomic mass is 10.1. The van der Waals surface area contributed by atoms with Gasteiger partial charge in [0.2, 0.25) is 0 Å². The quantitative estimate of drug-likeness (QED) is 0.660. The highest BCUT2D eigenvalue weighted by Crippen LogP contribution is 2.25. The van der Waals surface area contributed by atoms with Crippen molar-refractivity contribution in [2.75, 3.05) is 12.8 Å². The average Bonchev–Trinajstić information content (AvgIpc) is 2.45. The monoisotopic (exact) mass is 259 g/mol. The van der Waals surface area contributed by atoms with Gasteiger partial charge in [0.05, 0.1) is 7.11 Å². The molecule has 98 valence electrons. The Morgan fingerprint density at radius 3 is 2.68 bits per heavy atom. The Hall–Kier alpha value is -2.63. The summed E-state index contributed by atoms with van der Waals surface area (Å²) in [7, 11) is 1.29. The third kappa shape index (κ3) is 2.98. The number of methoxy groups -OCH3 is 1. The predicted molar refractivity (Wildman–Crippen MR) is 68.6 cm³/mol. The number of carbonyl (C=O) groups is 1. The zero-order valence-electron chi connectivity index (χ0n) is 10.4. The number of anilines is 1. The number of ether oxygens (including phenoxy) is 2. The lowest BCUT2D eigenvalue weighted by Gasteiger charge is -2.11. The first kappa shape index (κ1) is 12.8. The van der Waals surface area contributed by atoms with E-state index in [9.17, 15) is 4.79 Å². The van der Waals surface area contributed by atoms with E-state index in [2.05, 4.69) is 14.7 Å². The van der Waals surface area contributed by atoms with Gasteiger partial charge in [0, 0.05) is 18.1 Å². The second-order valence-electron chi connectivity index (χ2n) is 3.67. The van der Waals surface area contributed by atoms with Gasteiger partial charge in [-0.15, -0.1) is 0 Å². The van der Waals surface area contributed by atoms with Gasteiger partial charge in [0.1, 0.15) is 17.9 Å². The van der Waals surface area contributed by atoms with Gasteiger partial charge in [-0.2, -0.15) is 0 Å². The van der Waals surface area contributed by atoms with Crippen LogP contribution in [0.15, 0.2) is 36.7 Å². The van der Waals surface area contributed by atoms with E-state index in [4.69, 9.17) is 10.5 Å². The van der Waals surface area contributed by atoms with Crippen LogP contribution in [0.3, 0.4) is 0 Å². The molecule has 1 heterocycles. The molecule has 2 aromatic rings. The SMILES string of the molecule is COC(=O)c1c(N)cccc1OCc1ncccn1. The summed E-state index contributed by atoms with van der Waals surface area (Å²) in [4.78, 5) is 19.7. The maximum atomic E-state index is 11.7. The number of nitrogen functional groups attached to an aromatic ring is 1. The summed E-state index contributed by atoms with van der Waals surface area (Å²) >= 11 is 0. The lowest BCUT2D eigenvalue weighted by molar-refractivity contribution is 0.0596. The largest absolute Gasteiger partial charge is 0.485 e. The number of nitrogens with two attached hydrogens (primary N) is 1. The van der Waals surface area contributed by atoms with Crippen LogP contribution in [-0.2, 0) is 11.3 Å². The van der Waals surface area contributed by atoms with Gasteiger partial charge in [-0.05, 0) is 18.2 Å². The molecule has 0 aliphatic carbocycles. The van der Waals surface area contributed by atoms with Crippen LogP contribution in [-0.4, -0.2) is 23.0 Å². The van der Waals surface area contributed by atoms with Gasteiger partial charge in [0.15, 0.2) is 5.82 Å². The maximum Gasteiger partial charge on any atom is 0.343 e. The number of benzene rings is 1. The van der Waals surface area contributed by atoms with Crippen LogP contribution in [0.25, 0.3) is 0 Å². The summed E-state index contributed by atoms with van der Waals surface area (Å²) in [5.74, 6) is 0.321. The summed E-state index contributed by atoms with van der Waals surface area (Å²) in [5.41, 5.74) is 6.27. The Morgan fingerprint density at radius 1 is 1.26 bits per heavy atom. The summed E-state index contributed by atoms with van der Waals surface area (Å²) in [6.07, 6.45) is 3.23. The van der Waals surface area contributed by atoms with Crippen molar-refractivity contribution in [1.82, 2.24) is 9.97 Å². The highest BCUT2D eigenvalue weighted by atomic mass is 16.5. The Bertz CT molecular complexity index is 573. The Morgan fingerprint density at radius 2 is 2.00 bits per heavy atom. The van der Waals surface area contributed by atoms with Crippen molar-refractivity contribution in [2.45, 2.75) is 6.61 Å². The van der Waals surface area contributed by atoms with E-state index < -0.39 is 5.97 Å². The fourth-order valence-electron chi connectivity index (χ4n) is 1.54. The van der Waals surface area contributed by atoms with Crippen LogP contribution in [0.5, 0.6) is 5.75 Å². The third-order valence-electron chi connectivity index (χ3n) is 2.42. The predicted octanol–water partition coefficient (Wildman–Crippen LogP) is 1.42. The number of nitrogens with zero attached hydrogens (tertiary/aromatic N) is 2. The molecule has 6 heteroatoms. The summed E-state index contributed by atoms with van der Waals surface area (Å²) < 4.78 is 10.2. The highest BCUT2D eigenvalue weighted by Gasteiger charge is 2.16. The molecular formula is C13H13N3O3. The standard InChI is InChI=1S/C13H13N3O3/c1-18-13(17)12-9(14)4-2-5-10(12)19-8-11-15-6-3-7-16-11/h2-7H,8,14H2,1H3. The zero-order chi connectivity index (χ0) is 13.7. The van der Waals surface area contributed by atoms with Crippen molar-refractivity contribution < 1.29 is 14.3 Å². The Balaban J connectivity index is 2.21. The number of hydrogen-bond donors (Lipinski definition) is 1. The topological polar surface area (TPSA) is 87.3 Å². The number of carbonyl (C=O) groups excluding carboxylic acids is 1. The van der Waals surface area contributed by atoms with Crippen LogP contribution in [0.1, 0.15) is 16.2 Å². The van der Waals surface area contributed by atoms with Crippen LogP contribution in [0.4, 0.5) is 5.69 Å². The first-order valence-corrected chi connectivity index (χ1v) is 5.58. The number of aromatic nitrogens is 2. The number of hydrogen-bond acceptors (Lipinski definition) is 6. The van der Waals surface area contributed by atoms with Gasteiger partial charge in [-0.3, -0.25) is 0 Å². The molecule has 0 fully saturated rings. The molecule has 0 spiro atoms. The molecule has 0 amide bonds. The molecule has 6 nitrogen and oxygen atoms in total. The molecular weight excluding hydrogens is 246 g/mol. The molecule has 0 bridgehead atoms. The van der Waals surface area contributed by atoms with Crippen molar-refractivity contribution in [1.29, 1.82) is 0 Å². The van der Waals surface area contributed by atoms with Crippen molar-refractivity contribution >= 4 is 11.7 Å². The Labute approximate surface area is 110 Å². The van der Waals surface area contributed by atoms with Crippen LogP contribution < -0.4 is 10.5 Å². The molecule has 1 aromatic carbocycles. The first-order chi connectivity index (χ1) is 9.22. The van der Waals surface area contributed by atoms with Crippen molar-refractivity contribution in [2.24, 2.45) is 0 Å². The summed E-state index contributed by atoms with van der Waals surface area (Å²) in [6.45, 7) is 0.147. The van der Waals surface area contributed by atoms with E-state index >= 15 is 0 Å². The zero-order valence-corrected chi connectivity index (χ0v) is 10.4. The van der Waals surface area contributed by atoms with Gasteiger partial charge >= 0.3 is 5.97 Å². The van der Waals surface area contributed by atoms with Crippen molar-refractivity contribution in [3.05, 3.63) is 48.0 Å². The van der Waals surface area contributed by atoms with E-state index in [-0.39, 0.29) is 12.2 Å². The second-order valence-corrected chi connectivity index (χ2v) is 3.67. The summed E-state index contributed by atoms with van der Waals surface area (Å²) in [6, 6.07) is 6.66. The smallest absolute Gasteiger partial charge is 0.343 e. The normalized spacial score (nSPS) is 9.95. The van der Waals surface area contributed by atoms with Gasteiger partial charge < -0.3 is 15.2 Å². The van der Waals surface area contributed by atoms with Crippen molar-refractivity contribution in [3.8, 4) is 5.75 Å². The molecule has 2 rings (SSSR count). The lowest BCUT2D eigenvalue weighted by Crippen LogP contribution is -2.10. The average molecular weight is 259 g/mol. The van der Waals surface area contributed by atoms with Crippen LogP contribution in [0, 0.1) is 0 Å². The Kier molecular flexibility index (Phi) is 3.92. The fraction of sp³-hybridized carbons (Fsp3) is 0.154. The van der Waals surface area contributed by atoms with Gasteiger partial charge in [-0.1, -0.05) is 6.07 Å². The minimum absolute atomic E-state index is 0.147. The molecule has 0 atom stereocenters. The molecule has 0 unspecified atom stereocenters. The molecule has 19 heavy (non-hydrogen) atoms.